The quantitative estimate of drug-likeness (QED) is 0.854. The van der Waals surface area contributed by atoms with Crippen LogP contribution >= 0.6 is 15.9 Å². The van der Waals surface area contributed by atoms with Gasteiger partial charge in [-0.2, -0.15) is 5.10 Å². The standard InChI is InChI=1S/C15H26BrN3/c1-3-19-13(14(16)12(2)18-19)10-15(11-17)8-6-4-5-7-9-15/h3-11,17H2,1-2H3. The second-order valence-corrected chi connectivity index (χ2v) is 6.75. The fraction of sp³-hybridized carbons (Fsp3) is 0.800. The number of rotatable bonds is 4. The van der Waals surface area contributed by atoms with Gasteiger partial charge < -0.3 is 5.73 Å². The predicted octanol–water partition coefficient (Wildman–Crippen LogP) is 3.82. The molecule has 1 fully saturated rings. The van der Waals surface area contributed by atoms with Gasteiger partial charge in [-0.25, -0.2) is 0 Å². The molecule has 0 aromatic carbocycles. The fourth-order valence-corrected chi connectivity index (χ4v) is 3.75. The highest BCUT2D eigenvalue weighted by atomic mass is 79.9. The smallest absolute Gasteiger partial charge is 0.0738 e. The van der Waals surface area contributed by atoms with Crippen molar-refractivity contribution in [1.82, 2.24) is 9.78 Å². The van der Waals surface area contributed by atoms with Crippen molar-refractivity contribution in [1.29, 1.82) is 0 Å². The van der Waals surface area contributed by atoms with Crippen LogP contribution in [0.5, 0.6) is 0 Å². The molecule has 108 valence electrons. The molecule has 0 unspecified atom stereocenters. The molecule has 1 aromatic rings. The van der Waals surface area contributed by atoms with Crippen molar-refractivity contribution in [2.75, 3.05) is 6.54 Å². The number of aromatic nitrogens is 2. The van der Waals surface area contributed by atoms with Gasteiger partial charge in [-0.05, 0) is 61.0 Å². The maximum absolute atomic E-state index is 6.16. The molecule has 0 spiro atoms. The molecule has 4 heteroatoms. The molecule has 1 aliphatic rings. The molecule has 1 aliphatic carbocycles. The number of hydrogen-bond donors (Lipinski definition) is 1. The van der Waals surface area contributed by atoms with Gasteiger partial charge >= 0.3 is 0 Å². The maximum atomic E-state index is 6.16. The van der Waals surface area contributed by atoms with Crippen molar-refractivity contribution < 1.29 is 0 Å². The number of nitrogens with zero attached hydrogens (tertiary/aromatic N) is 2. The third-order valence-corrected chi connectivity index (χ3v) is 5.62. The van der Waals surface area contributed by atoms with Crippen molar-refractivity contribution in [2.45, 2.75) is 65.3 Å². The largest absolute Gasteiger partial charge is 0.330 e. The second-order valence-electron chi connectivity index (χ2n) is 5.96. The van der Waals surface area contributed by atoms with Crippen LogP contribution in [0.15, 0.2) is 4.47 Å². The number of nitrogens with two attached hydrogens (primary N) is 1. The Morgan fingerprint density at radius 1 is 1.26 bits per heavy atom. The monoisotopic (exact) mass is 327 g/mol. The van der Waals surface area contributed by atoms with E-state index in [1.807, 2.05) is 0 Å². The number of halogens is 1. The highest BCUT2D eigenvalue weighted by Crippen LogP contribution is 2.39. The van der Waals surface area contributed by atoms with Gasteiger partial charge in [0.05, 0.1) is 15.9 Å². The van der Waals surface area contributed by atoms with E-state index in [0.717, 1.165) is 25.2 Å². The Morgan fingerprint density at radius 2 is 1.89 bits per heavy atom. The highest BCUT2D eigenvalue weighted by molar-refractivity contribution is 9.10. The van der Waals surface area contributed by atoms with Gasteiger partial charge in [0.1, 0.15) is 0 Å². The first kappa shape index (κ1) is 15.0. The van der Waals surface area contributed by atoms with Crippen LogP contribution < -0.4 is 5.73 Å². The third-order valence-electron chi connectivity index (χ3n) is 4.59. The third kappa shape index (κ3) is 3.22. The summed E-state index contributed by atoms with van der Waals surface area (Å²) in [5.41, 5.74) is 8.88. The minimum absolute atomic E-state index is 0.290. The molecule has 19 heavy (non-hydrogen) atoms. The van der Waals surface area contributed by atoms with Gasteiger partial charge in [-0.1, -0.05) is 25.7 Å². The lowest BCUT2D eigenvalue weighted by molar-refractivity contribution is 0.245. The van der Waals surface area contributed by atoms with Crippen LogP contribution in [0.3, 0.4) is 0 Å². The average Bonchev–Trinajstić information content (AvgIpc) is 2.63. The van der Waals surface area contributed by atoms with E-state index < -0.39 is 0 Å². The molecule has 2 N–H and O–H groups in total. The van der Waals surface area contributed by atoms with Crippen LogP contribution in [-0.4, -0.2) is 16.3 Å². The van der Waals surface area contributed by atoms with E-state index in [4.69, 9.17) is 5.73 Å². The lowest BCUT2D eigenvalue weighted by atomic mass is 9.76. The minimum Gasteiger partial charge on any atom is -0.330 e. The fourth-order valence-electron chi connectivity index (χ4n) is 3.32. The zero-order valence-electron chi connectivity index (χ0n) is 12.2. The highest BCUT2D eigenvalue weighted by Gasteiger charge is 2.32. The summed E-state index contributed by atoms with van der Waals surface area (Å²) in [6, 6.07) is 0. The Hall–Kier alpha value is -0.350. The average molecular weight is 328 g/mol. The van der Waals surface area contributed by atoms with Gasteiger partial charge in [0.2, 0.25) is 0 Å². The van der Waals surface area contributed by atoms with Crippen LogP contribution in [0.2, 0.25) is 0 Å². The molecule has 0 atom stereocenters. The molecule has 0 radical (unpaired) electrons. The number of hydrogen-bond acceptors (Lipinski definition) is 2. The van der Waals surface area contributed by atoms with E-state index in [-0.39, 0.29) is 0 Å². The van der Waals surface area contributed by atoms with E-state index in [2.05, 4.69) is 39.6 Å². The van der Waals surface area contributed by atoms with Crippen molar-refractivity contribution >= 4 is 15.9 Å². The molecule has 3 nitrogen and oxygen atoms in total. The summed E-state index contributed by atoms with van der Waals surface area (Å²) in [6.45, 7) is 5.96. The maximum Gasteiger partial charge on any atom is 0.0738 e. The Morgan fingerprint density at radius 3 is 2.42 bits per heavy atom. The molecule has 0 saturated heterocycles. The zero-order chi connectivity index (χ0) is 13.9. The molecular weight excluding hydrogens is 302 g/mol. The number of aryl methyl sites for hydroxylation is 2. The Balaban J connectivity index is 2.26. The molecular formula is C15H26BrN3. The minimum atomic E-state index is 0.290. The summed E-state index contributed by atoms with van der Waals surface area (Å²) in [5.74, 6) is 0. The van der Waals surface area contributed by atoms with Crippen LogP contribution in [-0.2, 0) is 13.0 Å². The van der Waals surface area contributed by atoms with Crippen LogP contribution in [0.4, 0.5) is 0 Å². The molecule has 1 heterocycles. The van der Waals surface area contributed by atoms with E-state index in [1.54, 1.807) is 0 Å². The normalized spacial score (nSPS) is 19.4. The molecule has 2 rings (SSSR count). The second kappa shape index (κ2) is 6.40. The first-order chi connectivity index (χ1) is 9.12. The van der Waals surface area contributed by atoms with E-state index in [9.17, 15) is 0 Å². The van der Waals surface area contributed by atoms with Crippen molar-refractivity contribution in [3.63, 3.8) is 0 Å². The summed E-state index contributed by atoms with van der Waals surface area (Å²) in [7, 11) is 0. The summed E-state index contributed by atoms with van der Waals surface area (Å²) in [6.07, 6.45) is 9.00. The van der Waals surface area contributed by atoms with Crippen molar-refractivity contribution in [2.24, 2.45) is 11.1 Å². The molecule has 1 saturated carbocycles. The Bertz CT molecular complexity index is 417. The van der Waals surface area contributed by atoms with Crippen LogP contribution in [0.25, 0.3) is 0 Å². The summed E-state index contributed by atoms with van der Waals surface area (Å²) >= 11 is 3.72. The summed E-state index contributed by atoms with van der Waals surface area (Å²) < 4.78 is 3.33. The lowest BCUT2D eigenvalue weighted by Crippen LogP contribution is -2.33. The first-order valence-electron chi connectivity index (χ1n) is 7.54. The van der Waals surface area contributed by atoms with E-state index in [1.165, 1.54) is 48.7 Å². The van der Waals surface area contributed by atoms with Gasteiger partial charge in [0.25, 0.3) is 0 Å². The van der Waals surface area contributed by atoms with Gasteiger partial charge in [-0.15, -0.1) is 0 Å². The van der Waals surface area contributed by atoms with Gasteiger partial charge in [-0.3, -0.25) is 4.68 Å². The topological polar surface area (TPSA) is 43.8 Å². The van der Waals surface area contributed by atoms with Crippen LogP contribution in [0.1, 0.15) is 56.8 Å². The molecule has 1 aromatic heterocycles. The van der Waals surface area contributed by atoms with Crippen LogP contribution in [0, 0.1) is 12.3 Å². The van der Waals surface area contributed by atoms with E-state index in [0.29, 0.717) is 5.41 Å². The predicted molar refractivity (Wildman–Crippen MR) is 83.2 cm³/mol. The van der Waals surface area contributed by atoms with Crippen molar-refractivity contribution in [3.05, 3.63) is 15.9 Å². The SMILES string of the molecule is CCn1nc(C)c(Br)c1CC1(CN)CCCCCC1. The Kier molecular flexibility index (Phi) is 5.07. The van der Waals surface area contributed by atoms with Crippen molar-refractivity contribution in [3.8, 4) is 0 Å². The van der Waals surface area contributed by atoms with E-state index >= 15 is 0 Å². The molecule has 0 bridgehead atoms. The Labute approximate surface area is 125 Å². The first-order valence-corrected chi connectivity index (χ1v) is 8.33. The molecule has 0 aliphatic heterocycles. The summed E-state index contributed by atoms with van der Waals surface area (Å²) in [5, 5.41) is 4.61. The van der Waals surface area contributed by atoms with Gasteiger partial charge in [0.15, 0.2) is 0 Å². The van der Waals surface area contributed by atoms with Gasteiger partial charge in [0, 0.05) is 6.54 Å². The lowest BCUT2D eigenvalue weighted by Gasteiger charge is -2.31. The molecule has 0 amide bonds. The zero-order valence-corrected chi connectivity index (χ0v) is 13.8. The summed E-state index contributed by atoms with van der Waals surface area (Å²) in [4.78, 5) is 0.